The van der Waals surface area contributed by atoms with Crippen LogP contribution in [-0.4, -0.2) is 65.5 Å². The summed E-state index contributed by atoms with van der Waals surface area (Å²) in [7, 11) is -3.66. The molecule has 1 aliphatic rings. The molecule has 22 heavy (non-hydrogen) atoms. The molecule has 2 rings (SSSR count). The van der Waals surface area contributed by atoms with Crippen LogP contribution >= 0.6 is 0 Å². The van der Waals surface area contributed by atoms with E-state index in [0.29, 0.717) is 0 Å². The topological polar surface area (TPSA) is 104 Å². The molecule has 0 aromatic carbocycles. The van der Waals surface area contributed by atoms with E-state index in [9.17, 15) is 13.2 Å². The first-order chi connectivity index (χ1) is 10.1. The van der Waals surface area contributed by atoms with Crippen LogP contribution < -0.4 is 0 Å². The summed E-state index contributed by atoms with van der Waals surface area (Å²) in [5.41, 5.74) is -0.629. The van der Waals surface area contributed by atoms with Crippen LogP contribution in [0, 0.1) is 0 Å². The third-order valence-electron chi connectivity index (χ3n) is 2.97. The van der Waals surface area contributed by atoms with Crippen molar-refractivity contribution in [1.29, 1.82) is 0 Å². The third kappa shape index (κ3) is 4.41. The van der Waals surface area contributed by atoms with Gasteiger partial charge in [0.2, 0.25) is 0 Å². The fourth-order valence-corrected chi connectivity index (χ4v) is 2.84. The summed E-state index contributed by atoms with van der Waals surface area (Å²) < 4.78 is 34.7. The summed E-state index contributed by atoms with van der Waals surface area (Å²) >= 11 is 0. The summed E-state index contributed by atoms with van der Waals surface area (Å²) in [5.74, 6) is 0. The molecular formula is C12H20N4O5S. The van der Waals surface area contributed by atoms with Crippen LogP contribution in [0.2, 0.25) is 0 Å². The number of nitrogens with zero attached hydrogens (tertiary/aromatic N) is 4. The van der Waals surface area contributed by atoms with Gasteiger partial charge in [0, 0.05) is 12.7 Å². The average molecular weight is 332 g/mol. The fourth-order valence-electron chi connectivity index (χ4n) is 2.20. The Bertz CT molecular complexity index is 622. The maximum Gasteiger partial charge on any atom is 0.410 e. The molecule has 124 valence electrons. The molecular weight excluding hydrogens is 312 g/mol. The molecule has 1 aromatic heterocycles. The zero-order valence-corrected chi connectivity index (χ0v) is 13.8. The zero-order chi connectivity index (χ0) is 16.5. The van der Waals surface area contributed by atoms with Crippen LogP contribution in [0.15, 0.2) is 12.4 Å². The predicted octanol–water partition coefficient (Wildman–Crippen LogP) is 0.415. The summed E-state index contributed by atoms with van der Waals surface area (Å²) in [6.07, 6.45) is 2.80. The van der Waals surface area contributed by atoms with Crippen LogP contribution in [0.5, 0.6) is 0 Å². The Labute approximate surface area is 129 Å². The molecule has 0 spiro atoms. The number of rotatable bonds is 3. The lowest BCUT2D eigenvalue weighted by atomic mass is 10.2. The highest BCUT2D eigenvalue weighted by Crippen LogP contribution is 2.26. The van der Waals surface area contributed by atoms with E-state index >= 15 is 0 Å². The van der Waals surface area contributed by atoms with Crippen molar-refractivity contribution in [3.63, 3.8) is 0 Å². The second kappa shape index (κ2) is 5.84. The second-order valence-corrected chi connectivity index (χ2v) is 7.78. The van der Waals surface area contributed by atoms with Gasteiger partial charge >= 0.3 is 6.09 Å². The zero-order valence-electron chi connectivity index (χ0n) is 13.0. The van der Waals surface area contributed by atoms with Crippen molar-refractivity contribution in [2.24, 2.45) is 0 Å². The second-order valence-electron chi connectivity index (χ2n) is 6.17. The Balaban J connectivity index is 2.16. The molecule has 1 aromatic rings. The first kappa shape index (κ1) is 16.7. The number of hydrogen-bond donors (Lipinski definition) is 0. The van der Waals surface area contributed by atoms with E-state index in [1.54, 1.807) is 27.0 Å². The molecule has 1 aliphatic heterocycles. The van der Waals surface area contributed by atoms with Gasteiger partial charge in [-0.05, 0) is 20.8 Å². The third-order valence-corrected chi connectivity index (χ3v) is 3.56. The first-order valence-electron chi connectivity index (χ1n) is 6.77. The summed E-state index contributed by atoms with van der Waals surface area (Å²) in [6, 6.07) is -0.440. The molecule has 10 heteroatoms. The highest BCUT2D eigenvalue weighted by atomic mass is 32.2. The van der Waals surface area contributed by atoms with Gasteiger partial charge in [-0.2, -0.15) is 8.42 Å². The van der Waals surface area contributed by atoms with Gasteiger partial charge in [0.05, 0.1) is 19.0 Å². The minimum absolute atomic E-state index is 0.104. The lowest BCUT2D eigenvalue weighted by Crippen LogP contribution is -2.36. The van der Waals surface area contributed by atoms with Gasteiger partial charge in [0.25, 0.3) is 10.1 Å². The molecule has 0 N–H and O–H groups in total. The number of carbonyl (C=O) groups is 1. The van der Waals surface area contributed by atoms with Crippen LogP contribution in [0.3, 0.4) is 0 Å². The predicted molar refractivity (Wildman–Crippen MR) is 76.6 cm³/mol. The van der Waals surface area contributed by atoms with Gasteiger partial charge in [-0.15, -0.1) is 5.10 Å². The Morgan fingerprint density at radius 1 is 1.32 bits per heavy atom. The van der Waals surface area contributed by atoms with Crippen LogP contribution in [0.1, 0.15) is 26.8 Å². The maximum absolute atomic E-state index is 12.1. The Morgan fingerprint density at radius 2 is 2.00 bits per heavy atom. The van der Waals surface area contributed by atoms with Gasteiger partial charge in [0.15, 0.2) is 0 Å². The van der Waals surface area contributed by atoms with Gasteiger partial charge in [-0.3, -0.25) is 4.18 Å². The summed E-state index contributed by atoms with van der Waals surface area (Å²) in [5, 5.41) is 7.56. The molecule has 0 saturated carbocycles. The lowest BCUT2D eigenvalue weighted by Gasteiger charge is -2.24. The van der Waals surface area contributed by atoms with Crippen molar-refractivity contribution in [3.8, 4) is 0 Å². The molecule has 1 fully saturated rings. The molecule has 0 aliphatic carbocycles. The molecule has 0 unspecified atom stereocenters. The van der Waals surface area contributed by atoms with Crippen molar-refractivity contribution in [3.05, 3.63) is 12.4 Å². The van der Waals surface area contributed by atoms with E-state index in [0.717, 1.165) is 6.26 Å². The van der Waals surface area contributed by atoms with E-state index in [1.807, 2.05) is 0 Å². The number of aromatic nitrogens is 3. The molecule has 2 atom stereocenters. The molecule has 0 bridgehead atoms. The Kier molecular flexibility index (Phi) is 4.43. The van der Waals surface area contributed by atoms with E-state index in [1.165, 1.54) is 15.8 Å². The van der Waals surface area contributed by atoms with Crippen molar-refractivity contribution in [2.75, 3.05) is 19.3 Å². The average Bonchev–Trinajstić information content (AvgIpc) is 2.92. The lowest BCUT2D eigenvalue weighted by molar-refractivity contribution is 0.0275. The molecule has 2 heterocycles. The van der Waals surface area contributed by atoms with Crippen molar-refractivity contribution >= 4 is 16.2 Å². The van der Waals surface area contributed by atoms with Gasteiger partial charge in [-0.25, -0.2) is 9.48 Å². The number of ether oxygens (including phenoxy) is 1. The van der Waals surface area contributed by atoms with Gasteiger partial charge < -0.3 is 9.64 Å². The number of likely N-dealkylation sites (tertiary alicyclic amines) is 1. The molecule has 1 amide bonds. The van der Waals surface area contributed by atoms with E-state index in [4.69, 9.17) is 8.92 Å². The molecule has 0 radical (unpaired) electrons. The summed E-state index contributed by atoms with van der Waals surface area (Å²) in [6.45, 7) is 5.63. The monoisotopic (exact) mass is 332 g/mol. The standard InChI is InChI=1S/C12H20N4O5S/c1-12(2,3)20-11(17)15-7-9(16-6-5-13-14-16)10(8-15)21-22(4,18)19/h5-6,9-10H,7-8H2,1-4H3/t9-,10-/m1/s1. The van der Waals surface area contributed by atoms with E-state index in [2.05, 4.69) is 10.3 Å². The quantitative estimate of drug-likeness (QED) is 0.739. The van der Waals surface area contributed by atoms with Crippen LogP contribution in [0.25, 0.3) is 0 Å². The highest BCUT2D eigenvalue weighted by Gasteiger charge is 2.41. The normalized spacial score (nSPS) is 22.8. The van der Waals surface area contributed by atoms with Crippen molar-refractivity contribution in [2.45, 2.75) is 38.5 Å². The van der Waals surface area contributed by atoms with Crippen LogP contribution in [-0.2, 0) is 19.0 Å². The van der Waals surface area contributed by atoms with Gasteiger partial charge in [-0.1, -0.05) is 5.21 Å². The Hall–Kier alpha value is -1.68. The number of amides is 1. The molecule has 9 nitrogen and oxygen atoms in total. The smallest absolute Gasteiger partial charge is 0.410 e. The Morgan fingerprint density at radius 3 is 2.50 bits per heavy atom. The maximum atomic E-state index is 12.1. The van der Waals surface area contributed by atoms with Crippen molar-refractivity contribution < 1.29 is 22.1 Å². The summed E-state index contributed by atoms with van der Waals surface area (Å²) in [4.78, 5) is 13.6. The van der Waals surface area contributed by atoms with Crippen molar-refractivity contribution in [1.82, 2.24) is 19.9 Å². The van der Waals surface area contributed by atoms with E-state index < -0.39 is 34.0 Å². The SMILES string of the molecule is CC(C)(C)OC(=O)N1C[C@@H](n2ccnn2)[C@H](OS(C)(=O)=O)C1. The largest absolute Gasteiger partial charge is 0.444 e. The van der Waals surface area contributed by atoms with E-state index in [-0.39, 0.29) is 13.1 Å². The minimum atomic E-state index is -3.66. The highest BCUT2D eigenvalue weighted by molar-refractivity contribution is 7.86. The number of carbonyl (C=O) groups excluding carboxylic acids is 1. The van der Waals surface area contributed by atoms with Crippen LogP contribution in [0.4, 0.5) is 4.79 Å². The van der Waals surface area contributed by atoms with Gasteiger partial charge in [0.1, 0.15) is 17.7 Å². The number of hydrogen-bond acceptors (Lipinski definition) is 7. The fraction of sp³-hybridized carbons (Fsp3) is 0.750. The molecule has 1 saturated heterocycles. The first-order valence-corrected chi connectivity index (χ1v) is 8.59. The minimum Gasteiger partial charge on any atom is -0.444 e.